The molecule has 1 aliphatic heterocycles. The van der Waals surface area contributed by atoms with Crippen molar-refractivity contribution >= 4 is 12.0 Å². The van der Waals surface area contributed by atoms with Crippen LogP contribution in [0.3, 0.4) is 0 Å². The molecule has 6 heteroatoms. The molecule has 0 aromatic heterocycles. The predicted octanol–water partition coefficient (Wildman–Crippen LogP) is 4.61. The van der Waals surface area contributed by atoms with Gasteiger partial charge in [0.15, 0.2) is 0 Å². The SMILES string of the molecule is CC1=C(C(=O)OCC(C)C)C(c2ccc(Oc3ccc(C)cc3)cc2)NC(=O)N1. The quantitative estimate of drug-likeness (QED) is 0.701. The lowest BCUT2D eigenvalue weighted by Crippen LogP contribution is -2.45. The molecule has 1 heterocycles. The van der Waals surface area contributed by atoms with E-state index < -0.39 is 12.0 Å². The first-order valence-corrected chi connectivity index (χ1v) is 9.63. The minimum absolute atomic E-state index is 0.225. The summed E-state index contributed by atoms with van der Waals surface area (Å²) >= 11 is 0. The highest BCUT2D eigenvalue weighted by molar-refractivity contribution is 5.95. The van der Waals surface area contributed by atoms with E-state index in [1.807, 2.05) is 69.3 Å². The number of aryl methyl sites for hydroxylation is 1. The highest BCUT2D eigenvalue weighted by Crippen LogP contribution is 2.30. The molecule has 1 atom stereocenters. The van der Waals surface area contributed by atoms with Crippen molar-refractivity contribution in [1.29, 1.82) is 0 Å². The molecular weight excluding hydrogens is 368 g/mol. The maximum Gasteiger partial charge on any atom is 0.338 e. The van der Waals surface area contributed by atoms with E-state index in [2.05, 4.69) is 10.6 Å². The molecule has 0 bridgehead atoms. The summed E-state index contributed by atoms with van der Waals surface area (Å²) < 4.78 is 11.3. The summed E-state index contributed by atoms with van der Waals surface area (Å²) in [6, 6.07) is 14.1. The normalized spacial score (nSPS) is 16.3. The van der Waals surface area contributed by atoms with E-state index in [9.17, 15) is 9.59 Å². The fraction of sp³-hybridized carbons (Fsp3) is 0.304. The van der Waals surface area contributed by atoms with Gasteiger partial charge in [-0.1, -0.05) is 43.7 Å². The van der Waals surface area contributed by atoms with E-state index in [0.717, 1.165) is 16.9 Å². The van der Waals surface area contributed by atoms with Crippen LogP contribution >= 0.6 is 0 Å². The van der Waals surface area contributed by atoms with Gasteiger partial charge in [-0.25, -0.2) is 9.59 Å². The van der Waals surface area contributed by atoms with Crippen LogP contribution in [-0.2, 0) is 9.53 Å². The van der Waals surface area contributed by atoms with Gasteiger partial charge in [-0.2, -0.15) is 0 Å². The van der Waals surface area contributed by atoms with Gasteiger partial charge >= 0.3 is 12.0 Å². The number of benzene rings is 2. The molecule has 2 N–H and O–H groups in total. The van der Waals surface area contributed by atoms with Crippen molar-refractivity contribution in [2.75, 3.05) is 6.61 Å². The molecule has 0 aliphatic carbocycles. The van der Waals surface area contributed by atoms with Crippen LogP contribution < -0.4 is 15.4 Å². The zero-order valence-corrected chi connectivity index (χ0v) is 17.1. The van der Waals surface area contributed by atoms with Crippen LogP contribution in [0.1, 0.15) is 37.9 Å². The Balaban J connectivity index is 1.80. The number of carbonyl (C=O) groups is 2. The highest BCUT2D eigenvalue weighted by Gasteiger charge is 2.32. The van der Waals surface area contributed by atoms with Crippen molar-refractivity contribution in [2.45, 2.75) is 33.7 Å². The van der Waals surface area contributed by atoms with Crippen LogP contribution in [-0.4, -0.2) is 18.6 Å². The average molecular weight is 394 g/mol. The Hall–Kier alpha value is -3.28. The first-order chi connectivity index (χ1) is 13.8. The Morgan fingerprint density at radius 2 is 1.59 bits per heavy atom. The second-order valence-electron chi connectivity index (χ2n) is 7.55. The Bertz CT molecular complexity index is 915. The van der Waals surface area contributed by atoms with Gasteiger partial charge in [0.05, 0.1) is 18.2 Å². The molecule has 0 saturated heterocycles. The lowest BCUT2D eigenvalue weighted by atomic mass is 9.95. The summed E-state index contributed by atoms with van der Waals surface area (Å²) in [7, 11) is 0. The molecule has 6 nitrogen and oxygen atoms in total. The number of allylic oxidation sites excluding steroid dienone is 1. The van der Waals surface area contributed by atoms with E-state index in [1.165, 1.54) is 0 Å². The van der Waals surface area contributed by atoms with Gasteiger partial charge in [-0.15, -0.1) is 0 Å². The van der Waals surface area contributed by atoms with Crippen LogP contribution in [0.25, 0.3) is 0 Å². The Morgan fingerprint density at radius 3 is 2.17 bits per heavy atom. The number of esters is 1. The molecule has 0 spiro atoms. The molecule has 2 aromatic rings. The third kappa shape index (κ3) is 5.16. The van der Waals surface area contributed by atoms with Crippen molar-refractivity contribution < 1.29 is 19.1 Å². The summed E-state index contributed by atoms with van der Waals surface area (Å²) in [5, 5.41) is 5.46. The first-order valence-electron chi connectivity index (χ1n) is 9.63. The lowest BCUT2D eigenvalue weighted by Gasteiger charge is -2.28. The second-order valence-corrected chi connectivity index (χ2v) is 7.55. The number of hydrogen-bond acceptors (Lipinski definition) is 4. The van der Waals surface area contributed by atoms with Gasteiger partial charge in [0, 0.05) is 5.70 Å². The van der Waals surface area contributed by atoms with Crippen molar-refractivity contribution in [1.82, 2.24) is 10.6 Å². The number of nitrogens with one attached hydrogen (secondary N) is 2. The Kier molecular flexibility index (Phi) is 6.22. The van der Waals surface area contributed by atoms with Gasteiger partial charge in [0.1, 0.15) is 11.5 Å². The molecule has 152 valence electrons. The van der Waals surface area contributed by atoms with Crippen LogP contribution in [0, 0.1) is 12.8 Å². The minimum Gasteiger partial charge on any atom is -0.462 e. The van der Waals surface area contributed by atoms with Gasteiger partial charge < -0.3 is 20.1 Å². The molecule has 0 saturated carbocycles. The predicted molar refractivity (Wildman–Crippen MR) is 111 cm³/mol. The summed E-state index contributed by atoms with van der Waals surface area (Å²) in [4.78, 5) is 24.6. The minimum atomic E-state index is -0.586. The zero-order valence-electron chi connectivity index (χ0n) is 17.1. The van der Waals surface area contributed by atoms with Gasteiger partial charge in [-0.05, 0) is 49.6 Å². The fourth-order valence-electron chi connectivity index (χ4n) is 3.01. The number of ether oxygens (including phenoxy) is 2. The number of urea groups is 1. The number of carbonyl (C=O) groups excluding carboxylic acids is 2. The van der Waals surface area contributed by atoms with Crippen LogP contribution in [0.4, 0.5) is 4.79 Å². The summed E-state index contributed by atoms with van der Waals surface area (Å²) in [5.41, 5.74) is 2.82. The van der Waals surface area contributed by atoms with E-state index >= 15 is 0 Å². The second kappa shape index (κ2) is 8.82. The van der Waals surface area contributed by atoms with Gasteiger partial charge in [0.2, 0.25) is 0 Å². The maximum atomic E-state index is 12.6. The Labute approximate surface area is 170 Å². The van der Waals surface area contributed by atoms with Crippen LogP contribution in [0.5, 0.6) is 11.5 Å². The lowest BCUT2D eigenvalue weighted by molar-refractivity contribution is -0.140. The highest BCUT2D eigenvalue weighted by atomic mass is 16.5. The van der Waals surface area contributed by atoms with Crippen molar-refractivity contribution in [2.24, 2.45) is 5.92 Å². The summed E-state index contributed by atoms with van der Waals surface area (Å²) in [6.07, 6.45) is 0. The van der Waals surface area contributed by atoms with Crippen LogP contribution in [0.2, 0.25) is 0 Å². The molecule has 2 amide bonds. The molecule has 1 aliphatic rings. The van der Waals surface area contributed by atoms with E-state index in [4.69, 9.17) is 9.47 Å². The number of amides is 2. The standard InChI is InChI=1S/C23H26N2O4/c1-14(2)13-28-22(26)20-16(4)24-23(27)25-21(20)17-7-11-19(12-8-17)29-18-9-5-15(3)6-10-18/h5-12,14,21H,13H2,1-4H3,(H2,24,25,27). The van der Waals surface area contributed by atoms with Crippen molar-refractivity contribution in [3.63, 3.8) is 0 Å². The molecule has 0 radical (unpaired) electrons. The average Bonchev–Trinajstić information content (AvgIpc) is 2.68. The van der Waals surface area contributed by atoms with Crippen molar-refractivity contribution in [3.05, 3.63) is 70.9 Å². The molecule has 3 rings (SSSR count). The van der Waals surface area contributed by atoms with E-state index in [0.29, 0.717) is 23.6 Å². The molecular formula is C23H26N2O4. The third-order valence-corrected chi connectivity index (χ3v) is 4.51. The molecule has 2 aromatic carbocycles. The first kappa shape index (κ1) is 20.5. The number of rotatable bonds is 6. The Morgan fingerprint density at radius 1 is 1.00 bits per heavy atom. The van der Waals surface area contributed by atoms with Gasteiger partial charge in [0.25, 0.3) is 0 Å². The van der Waals surface area contributed by atoms with Gasteiger partial charge in [-0.3, -0.25) is 0 Å². The van der Waals surface area contributed by atoms with E-state index in [1.54, 1.807) is 6.92 Å². The van der Waals surface area contributed by atoms with Crippen molar-refractivity contribution in [3.8, 4) is 11.5 Å². The topological polar surface area (TPSA) is 76.7 Å². The summed E-state index contributed by atoms with van der Waals surface area (Å²) in [6.45, 7) is 7.98. The number of hydrogen-bond donors (Lipinski definition) is 2. The fourth-order valence-corrected chi connectivity index (χ4v) is 3.01. The maximum absolute atomic E-state index is 12.6. The molecule has 1 unspecified atom stereocenters. The molecule has 0 fully saturated rings. The van der Waals surface area contributed by atoms with Crippen LogP contribution in [0.15, 0.2) is 59.8 Å². The zero-order chi connectivity index (χ0) is 21.0. The monoisotopic (exact) mass is 394 g/mol. The largest absolute Gasteiger partial charge is 0.462 e. The molecule has 29 heavy (non-hydrogen) atoms. The van der Waals surface area contributed by atoms with E-state index in [-0.39, 0.29) is 11.9 Å². The third-order valence-electron chi connectivity index (χ3n) is 4.51. The summed E-state index contributed by atoms with van der Waals surface area (Å²) in [5.74, 6) is 1.20. The smallest absolute Gasteiger partial charge is 0.338 e.